The summed E-state index contributed by atoms with van der Waals surface area (Å²) in [6.07, 6.45) is 11.2. The standard InChI is InChI=1S/2C9H20N2O.C9H20N2S.6CH4.HO4P.H2O4S.H2O3S.10H2O.H2/c3*1-2-3-8-9(4-5-10-8)11-6-7-12;;;;;;;1-4-5(2)3;1-5(2,3)4;1-4(2)3;;;;;;;;;;;/h3*8-12H,2-7H2,1H3;6*1H4;1H;(H2,1,2,3,4);(H2,1,2,3);10*1H2;1H/p-1. The lowest BCUT2D eigenvalue weighted by Crippen LogP contribution is -2.41. The van der Waals surface area contributed by atoms with Crippen LogP contribution in [-0.2, 0) is 31.0 Å². The molecular weight excluding hydrogens is 976 g/mol. The molecule has 0 amide bonds. The zero-order valence-electron chi connectivity index (χ0n) is 34.4. The summed E-state index contributed by atoms with van der Waals surface area (Å²) in [5, 5.41) is 45.1. The van der Waals surface area contributed by atoms with E-state index in [-0.39, 0.29) is 114 Å². The molecule has 32 N–H and O–H groups in total. The second-order valence-corrected chi connectivity index (χ2v) is 13.6. The highest BCUT2D eigenvalue weighted by atomic mass is 32.3. The van der Waals surface area contributed by atoms with Crippen molar-refractivity contribution < 1.29 is 117 Å². The molecule has 3 saturated heterocycles. The highest BCUT2D eigenvalue weighted by Gasteiger charge is 2.26. The van der Waals surface area contributed by atoms with Gasteiger partial charge in [-0.15, -0.1) is 0 Å². The highest BCUT2D eigenvalue weighted by Crippen LogP contribution is 2.13. The van der Waals surface area contributed by atoms with Crippen LogP contribution in [0.1, 0.15) is 125 Å². The lowest BCUT2D eigenvalue weighted by atomic mass is 10.1. The average molecular weight is 1090 g/mol. The van der Waals surface area contributed by atoms with Gasteiger partial charge in [-0.25, -0.2) is 9.47 Å². The summed E-state index contributed by atoms with van der Waals surface area (Å²) >= 11 is 1.33. The van der Waals surface area contributed by atoms with E-state index < -0.39 is 30.0 Å². The van der Waals surface area contributed by atoms with Gasteiger partial charge in [0.05, 0.1) is 24.6 Å². The van der Waals surface area contributed by atoms with Gasteiger partial charge in [0.2, 0.25) is 0 Å². The molecule has 0 aromatic carbocycles. The first kappa shape index (κ1) is 126. The number of rotatable bonds is 16. The van der Waals surface area contributed by atoms with E-state index in [1.807, 2.05) is 0 Å². The molecule has 3 fully saturated rings. The van der Waals surface area contributed by atoms with Gasteiger partial charge in [0.15, 0.2) is 0 Å². The zero-order valence-corrected chi connectivity index (χ0v) is 37.9. The van der Waals surface area contributed by atoms with Crippen molar-refractivity contribution in [1.29, 1.82) is 0 Å². The molecular formula is C33H110N6O23PS3-. The lowest BCUT2D eigenvalue weighted by molar-refractivity contribution is -0.244. The first-order valence-corrected chi connectivity index (χ1v) is 21.0. The van der Waals surface area contributed by atoms with E-state index in [0.29, 0.717) is 36.3 Å². The molecule has 0 spiro atoms. The van der Waals surface area contributed by atoms with Crippen LogP contribution in [0.15, 0.2) is 0 Å². The zero-order chi connectivity index (χ0) is 38.8. The fourth-order valence-electron chi connectivity index (χ4n) is 5.63. The molecule has 3 rings (SSSR count). The molecule has 0 aromatic rings. The second kappa shape index (κ2) is 87.6. The van der Waals surface area contributed by atoms with Gasteiger partial charge in [-0.05, 0) is 62.7 Å². The SMILES string of the molecule is C.C.C.C.C.C.CCCC1NCCC1NCCO.CCCC1NCCC1NCCO.CCCC1NCCC1NCCS.O.O.O.O.O.O.O.O.O.O.O=S(=O)(O)O.O=S([O-])O.O=[P+]([O-])OO.[HH]. The topological polar surface area (TPSA) is 632 Å². The van der Waals surface area contributed by atoms with E-state index in [1.165, 1.54) is 64.3 Å². The molecule has 3 heterocycles. The summed E-state index contributed by atoms with van der Waals surface area (Å²) in [6, 6.07) is 3.81. The Kier molecular flexibility index (Phi) is 167. The fraction of sp³-hybridized carbons (Fsp3) is 1.00. The Morgan fingerprint density at radius 1 is 0.652 bits per heavy atom. The third kappa shape index (κ3) is 90.0. The van der Waals surface area contributed by atoms with Crippen LogP contribution in [0.25, 0.3) is 0 Å². The number of thiol groups is 1. The van der Waals surface area contributed by atoms with Crippen LogP contribution in [0.2, 0.25) is 0 Å². The maximum absolute atomic E-state index is 8.93. The van der Waals surface area contributed by atoms with Crippen molar-refractivity contribution in [2.75, 3.05) is 58.2 Å². The van der Waals surface area contributed by atoms with Crippen LogP contribution in [0.4, 0.5) is 0 Å². The number of hydrogen-bond donors (Lipinski definition) is 13. The molecule has 33 heteroatoms. The summed E-state index contributed by atoms with van der Waals surface area (Å²) in [4.78, 5) is 8.93. The second-order valence-electron chi connectivity index (χ2n) is 11.2. The molecule has 0 aliphatic carbocycles. The molecule has 434 valence electrons. The summed E-state index contributed by atoms with van der Waals surface area (Å²) in [5.74, 6) is 0.940. The molecule has 3 aliphatic rings. The van der Waals surface area contributed by atoms with E-state index in [1.54, 1.807) is 0 Å². The number of aliphatic hydroxyl groups is 2. The minimum absolute atomic E-state index is 0. The number of hydrogen-bond acceptors (Lipinski definition) is 17. The predicted molar refractivity (Wildman–Crippen MR) is 273 cm³/mol. The Balaban J connectivity index is -0.0000000217. The Morgan fingerprint density at radius 3 is 1.00 bits per heavy atom. The first-order valence-electron chi connectivity index (χ1n) is 16.8. The van der Waals surface area contributed by atoms with Gasteiger partial charge in [-0.1, -0.05) is 84.6 Å². The maximum Gasteiger partial charge on any atom is 0.521 e. The molecule has 66 heavy (non-hydrogen) atoms. The molecule has 8 unspecified atom stereocenters. The fourth-order valence-corrected chi connectivity index (χ4v) is 5.76. The Labute approximate surface area is 407 Å². The van der Waals surface area contributed by atoms with Crippen molar-refractivity contribution in [3.8, 4) is 0 Å². The van der Waals surface area contributed by atoms with E-state index >= 15 is 0 Å². The van der Waals surface area contributed by atoms with Crippen LogP contribution >= 0.6 is 20.9 Å². The van der Waals surface area contributed by atoms with Crippen molar-refractivity contribution in [2.45, 2.75) is 159 Å². The lowest BCUT2D eigenvalue weighted by Gasteiger charge is -2.19. The molecule has 3 aliphatic heterocycles. The quantitative estimate of drug-likeness (QED) is 0.0172. The molecule has 0 bridgehead atoms. The van der Waals surface area contributed by atoms with Crippen LogP contribution in [0, 0.1) is 0 Å². The van der Waals surface area contributed by atoms with Crippen LogP contribution in [0.5, 0.6) is 0 Å². The van der Waals surface area contributed by atoms with Crippen LogP contribution in [-0.4, -0.2) is 196 Å². The third-order valence-electron chi connectivity index (χ3n) is 7.46. The van der Waals surface area contributed by atoms with Crippen molar-refractivity contribution in [3.63, 3.8) is 0 Å². The van der Waals surface area contributed by atoms with Crippen molar-refractivity contribution in [3.05, 3.63) is 0 Å². The van der Waals surface area contributed by atoms with Gasteiger partial charge >= 0.3 is 18.7 Å². The summed E-state index contributed by atoms with van der Waals surface area (Å²) in [5.41, 5.74) is 0. The Morgan fingerprint density at radius 2 is 0.848 bits per heavy atom. The molecule has 8 atom stereocenters. The van der Waals surface area contributed by atoms with E-state index in [2.05, 4.69) is 70.0 Å². The Hall–Kier alpha value is -0.450. The minimum Gasteiger partial charge on any atom is -0.750 e. The molecule has 29 nitrogen and oxygen atoms in total. The summed E-state index contributed by atoms with van der Waals surface area (Å²) in [6.45, 7) is 13.1. The van der Waals surface area contributed by atoms with Gasteiger partial charge in [0.25, 0.3) is 0 Å². The normalized spacial score (nSPS) is 18.8. The number of nitrogens with one attached hydrogen (secondary N) is 6. The highest BCUT2D eigenvalue weighted by molar-refractivity contribution is 7.80. The minimum atomic E-state index is -4.67. The smallest absolute Gasteiger partial charge is 0.521 e. The van der Waals surface area contributed by atoms with E-state index in [0.717, 1.165) is 38.5 Å². The predicted octanol–water partition coefficient (Wildman–Crippen LogP) is -4.77. The molecule has 0 saturated carbocycles. The van der Waals surface area contributed by atoms with E-state index in [9.17, 15) is 0 Å². The number of aliphatic hydroxyl groups excluding tert-OH is 2. The van der Waals surface area contributed by atoms with Gasteiger partial charge in [0, 0.05) is 67.7 Å². The van der Waals surface area contributed by atoms with Crippen molar-refractivity contribution >= 4 is 42.6 Å². The van der Waals surface area contributed by atoms with Crippen molar-refractivity contribution in [1.82, 2.24) is 31.9 Å². The third-order valence-corrected chi connectivity index (χ3v) is 7.82. The monoisotopic (exact) mass is 1090 g/mol. The first-order chi connectivity index (χ1) is 23.6. The molecule has 0 aromatic heterocycles. The summed E-state index contributed by atoms with van der Waals surface area (Å²) < 4.78 is 67.3. The van der Waals surface area contributed by atoms with Crippen molar-refractivity contribution in [2.24, 2.45) is 0 Å². The summed E-state index contributed by atoms with van der Waals surface area (Å²) in [7, 11) is -7.71. The largest absolute Gasteiger partial charge is 0.750 e. The van der Waals surface area contributed by atoms with Gasteiger partial charge < -0.3 is 111 Å². The van der Waals surface area contributed by atoms with Gasteiger partial charge in [0.1, 0.15) is 0 Å². The van der Waals surface area contributed by atoms with Crippen LogP contribution < -0.4 is 36.8 Å². The van der Waals surface area contributed by atoms with E-state index in [4.69, 9.17) is 55.8 Å². The van der Waals surface area contributed by atoms with Gasteiger partial charge in [-0.2, -0.15) is 21.0 Å². The maximum atomic E-state index is 8.93. The average Bonchev–Trinajstić information content (AvgIpc) is 3.80. The van der Waals surface area contributed by atoms with Crippen LogP contribution in [0.3, 0.4) is 0 Å². The molecule has 0 radical (unpaired) electrons. The van der Waals surface area contributed by atoms with Gasteiger partial charge in [-0.3, -0.25) is 9.11 Å². The Bertz CT molecular complexity index is 861.